The summed E-state index contributed by atoms with van der Waals surface area (Å²) in [5, 5.41) is 7.47. The minimum absolute atomic E-state index is 0.175. The van der Waals surface area contributed by atoms with Crippen LogP contribution in [0.15, 0.2) is 33.3 Å². The van der Waals surface area contributed by atoms with E-state index in [1.165, 1.54) is 5.56 Å². The van der Waals surface area contributed by atoms with Crippen molar-refractivity contribution in [1.29, 1.82) is 0 Å². The van der Waals surface area contributed by atoms with Crippen molar-refractivity contribution in [3.63, 3.8) is 0 Å². The minimum Gasteiger partial charge on any atom is -0.339 e. The predicted octanol–water partition coefficient (Wildman–Crippen LogP) is 3.81. The summed E-state index contributed by atoms with van der Waals surface area (Å²) in [7, 11) is 0. The molecule has 2 rings (SSSR count). The highest BCUT2D eigenvalue weighted by Gasteiger charge is 2.22. The Morgan fingerprint density at radius 3 is 2.75 bits per heavy atom. The van der Waals surface area contributed by atoms with Crippen LogP contribution in [0.4, 0.5) is 0 Å². The fraction of sp³-hybridized carbons (Fsp3) is 0.467. The number of aromatic nitrogens is 2. The van der Waals surface area contributed by atoms with Gasteiger partial charge in [0, 0.05) is 16.4 Å². The van der Waals surface area contributed by atoms with Crippen LogP contribution in [0.25, 0.3) is 0 Å². The zero-order chi connectivity index (χ0) is 14.6. The Hall–Kier alpha value is -1.20. The lowest BCUT2D eigenvalue weighted by Gasteiger charge is -2.27. The number of halogens is 1. The molecule has 4 nitrogen and oxygen atoms in total. The van der Waals surface area contributed by atoms with E-state index in [1.807, 2.05) is 18.2 Å². The molecule has 1 heterocycles. The van der Waals surface area contributed by atoms with Crippen molar-refractivity contribution in [1.82, 2.24) is 15.5 Å². The summed E-state index contributed by atoms with van der Waals surface area (Å²) < 4.78 is 6.28. The fourth-order valence-corrected chi connectivity index (χ4v) is 2.82. The molecule has 1 aromatic heterocycles. The van der Waals surface area contributed by atoms with Crippen LogP contribution >= 0.6 is 15.9 Å². The van der Waals surface area contributed by atoms with Gasteiger partial charge < -0.3 is 9.84 Å². The molecule has 0 saturated heterocycles. The van der Waals surface area contributed by atoms with E-state index in [9.17, 15) is 0 Å². The van der Waals surface area contributed by atoms with E-state index in [0.29, 0.717) is 18.3 Å². The van der Waals surface area contributed by atoms with Gasteiger partial charge in [0.25, 0.3) is 0 Å². The molecule has 20 heavy (non-hydrogen) atoms. The molecule has 0 saturated carbocycles. The zero-order valence-corrected chi connectivity index (χ0v) is 13.7. The average Bonchev–Trinajstić information content (AvgIpc) is 2.85. The number of rotatable bonds is 6. The number of hydrogen-bond acceptors (Lipinski definition) is 4. The van der Waals surface area contributed by atoms with Gasteiger partial charge in [-0.25, -0.2) is 0 Å². The second-order valence-electron chi connectivity index (χ2n) is 5.31. The van der Waals surface area contributed by atoms with Gasteiger partial charge >= 0.3 is 0 Å². The summed E-state index contributed by atoms with van der Waals surface area (Å²) in [6.45, 7) is 6.96. The van der Waals surface area contributed by atoms with Crippen LogP contribution in [0, 0.1) is 0 Å². The van der Waals surface area contributed by atoms with Crippen LogP contribution in [-0.2, 0) is 18.5 Å². The Morgan fingerprint density at radius 1 is 1.30 bits per heavy atom. The van der Waals surface area contributed by atoms with Crippen molar-refractivity contribution in [2.75, 3.05) is 0 Å². The largest absolute Gasteiger partial charge is 0.339 e. The number of aryl methyl sites for hydroxylation is 1. The molecule has 5 heteroatoms. The highest BCUT2D eigenvalue weighted by atomic mass is 79.9. The van der Waals surface area contributed by atoms with Crippen molar-refractivity contribution in [2.24, 2.45) is 0 Å². The van der Waals surface area contributed by atoms with Crippen LogP contribution in [0.5, 0.6) is 0 Å². The first-order valence-electron chi connectivity index (χ1n) is 6.84. The Bertz CT molecular complexity index is 566. The van der Waals surface area contributed by atoms with Crippen LogP contribution in [0.3, 0.4) is 0 Å². The van der Waals surface area contributed by atoms with Crippen molar-refractivity contribution in [2.45, 2.75) is 45.7 Å². The zero-order valence-electron chi connectivity index (χ0n) is 12.1. The molecular formula is C15H20BrN3O. The third-order valence-electron chi connectivity index (χ3n) is 3.21. The topological polar surface area (TPSA) is 51.0 Å². The lowest BCUT2D eigenvalue weighted by molar-refractivity contribution is 0.358. The standard InChI is InChI=1S/C15H20BrN3O/c1-4-7-14-18-13(19-20-14)10-17-15(2,3)11-8-5-6-9-12(11)16/h5-6,8-9,17H,4,7,10H2,1-3H3. The molecule has 0 unspecified atom stereocenters. The predicted molar refractivity (Wildman–Crippen MR) is 82.3 cm³/mol. The van der Waals surface area contributed by atoms with E-state index in [1.54, 1.807) is 0 Å². The van der Waals surface area contributed by atoms with E-state index in [4.69, 9.17) is 4.52 Å². The quantitative estimate of drug-likeness (QED) is 0.870. The molecule has 0 radical (unpaired) electrons. The molecule has 0 fully saturated rings. The molecule has 108 valence electrons. The molecule has 0 aliphatic carbocycles. The molecule has 1 N–H and O–H groups in total. The third kappa shape index (κ3) is 3.67. The van der Waals surface area contributed by atoms with Crippen LogP contribution in [0.1, 0.15) is 44.5 Å². The number of nitrogens with zero attached hydrogens (tertiary/aromatic N) is 2. The van der Waals surface area contributed by atoms with Crippen molar-refractivity contribution in [3.8, 4) is 0 Å². The fourth-order valence-electron chi connectivity index (χ4n) is 2.04. The van der Waals surface area contributed by atoms with Gasteiger partial charge in [-0.1, -0.05) is 46.2 Å². The Morgan fingerprint density at radius 2 is 2.05 bits per heavy atom. The minimum atomic E-state index is -0.175. The monoisotopic (exact) mass is 337 g/mol. The summed E-state index contributed by atoms with van der Waals surface area (Å²) in [6.07, 6.45) is 1.85. The third-order valence-corrected chi connectivity index (χ3v) is 3.90. The van der Waals surface area contributed by atoms with E-state index < -0.39 is 0 Å². The number of nitrogens with one attached hydrogen (secondary N) is 1. The van der Waals surface area contributed by atoms with Gasteiger partial charge in [-0.05, 0) is 31.9 Å². The highest BCUT2D eigenvalue weighted by Crippen LogP contribution is 2.27. The van der Waals surface area contributed by atoms with Gasteiger partial charge in [0.2, 0.25) is 5.89 Å². The Balaban J connectivity index is 2.03. The lowest BCUT2D eigenvalue weighted by atomic mass is 9.94. The van der Waals surface area contributed by atoms with Gasteiger partial charge in [-0.3, -0.25) is 0 Å². The van der Waals surface area contributed by atoms with Gasteiger partial charge in [0.1, 0.15) is 0 Å². The molecule has 0 spiro atoms. The van der Waals surface area contributed by atoms with Crippen LogP contribution in [0.2, 0.25) is 0 Å². The Labute approximate surface area is 128 Å². The van der Waals surface area contributed by atoms with Crippen molar-refractivity contribution in [3.05, 3.63) is 46.0 Å². The smallest absolute Gasteiger partial charge is 0.226 e. The summed E-state index contributed by atoms with van der Waals surface area (Å²) in [6, 6.07) is 8.21. The maximum atomic E-state index is 5.19. The molecular weight excluding hydrogens is 318 g/mol. The molecule has 0 atom stereocenters. The summed E-state index contributed by atoms with van der Waals surface area (Å²) >= 11 is 3.59. The molecule has 2 aromatic rings. The molecule has 0 aliphatic rings. The van der Waals surface area contributed by atoms with Crippen LogP contribution in [-0.4, -0.2) is 10.1 Å². The summed E-state index contributed by atoms with van der Waals surface area (Å²) in [5.41, 5.74) is 1.03. The van der Waals surface area contributed by atoms with E-state index >= 15 is 0 Å². The van der Waals surface area contributed by atoms with Crippen LogP contribution < -0.4 is 5.32 Å². The molecule has 0 bridgehead atoms. The van der Waals surface area contributed by atoms with E-state index in [2.05, 4.69) is 58.2 Å². The second-order valence-corrected chi connectivity index (χ2v) is 6.17. The van der Waals surface area contributed by atoms with E-state index in [0.717, 1.165) is 17.3 Å². The average molecular weight is 338 g/mol. The van der Waals surface area contributed by atoms with Gasteiger partial charge in [-0.15, -0.1) is 0 Å². The SMILES string of the molecule is CCCc1nc(CNC(C)(C)c2ccccc2Br)no1. The second kappa shape index (κ2) is 6.50. The number of benzene rings is 1. The summed E-state index contributed by atoms with van der Waals surface area (Å²) in [4.78, 5) is 4.37. The first-order chi connectivity index (χ1) is 9.53. The first-order valence-corrected chi connectivity index (χ1v) is 7.63. The molecule has 0 aliphatic heterocycles. The van der Waals surface area contributed by atoms with Crippen molar-refractivity contribution >= 4 is 15.9 Å². The molecule has 0 amide bonds. The summed E-state index contributed by atoms with van der Waals surface area (Å²) in [5.74, 6) is 1.41. The van der Waals surface area contributed by atoms with Gasteiger partial charge in [0.15, 0.2) is 5.82 Å². The molecule has 1 aromatic carbocycles. The van der Waals surface area contributed by atoms with Crippen molar-refractivity contribution < 1.29 is 4.52 Å². The normalized spacial score (nSPS) is 11.8. The first kappa shape index (κ1) is 15.2. The Kier molecular flexibility index (Phi) is 4.94. The maximum Gasteiger partial charge on any atom is 0.226 e. The van der Waals surface area contributed by atoms with Gasteiger partial charge in [0.05, 0.1) is 6.54 Å². The van der Waals surface area contributed by atoms with E-state index in [-0.39, 0.29) is 5.54 Å². The highest BCUT2D eigenvalue weighted by molar-refractivity contribution is 9.10. The number of hydrogen-bond donors (Lipinski definition) is 1. The lowest BCUT2D eigenvalue weighted by Crippen LogP contribution is -2.36. The van der Waals surface area contributed by atoms with Gasteiger partial charge in [-0.2, -0.15) is 4.98 Å². The maximum absolute atomic E-state index is 5.19.